The highest BCUT2D eigenvalue weighted by atomic mass is 16.5. The Hall–Kier alpha value is -2.77. The average molecular weight is 313 g/mol. The van der Waals surface area contributed by atoms with E-state index >= 15 is 0 Å². The molecule has 0 aliphatic carbocycles. The van der Waals surface area contributed by atoms with E-state index in [2.05, 4.69) is 15.1 Å². The standard InChI is InChI=1S/C15H15N5O3/c1-9-11(7-18-23-9)15(22)19-3-2-12-13(19)4-14(21)20(12)10-5-16-8-17-6-10/h5-8,12-13H,2-4H2,1H3/t12-,13-/m1/s1. The summed E-state index contributed by atoms with van der Waals surface area (Å²) < 4.78 is 4.98. The molecule has 0 radical (unpaired) electrons. The van der Waals surface area contributed by atoms with Gasteiger partial charge in [-0.15, -0.1) is 0 Å². The van der Waals surface area contributed by atoms with Crippen LogP contribution in [0.2, 0.25) is 0 Å². The van der Waals surface area contributed by atoms with E-state index in [-0.39, 0.29) is 23.9 Å². The molecule has 8 heteroatoms. The molecule has 2 atom stereocenters. The van der Waals surface area contributed by atoms with Gasteiger partial charge in [0.2, 0.25) is 5.91 Å². The molecule has 0 aromatic carbocycles. The van der Waals surface area contributed by atoms with Crippen LogP contribution in [0.5, 0.6) is 0 Å². The van der Waals surface area contributed by atoms with Crippen molar-refractivity contribution in [3.63, 3.8) is 0 Å². The van der Waals surface area contributed by atoms with Gasteiger partial charge in [-0.1, -0.05) is 5.16 Å². The predicted molar refractivity (Wildman–Crippen MR) is 78.6 cm³/mol. The maximum absolute atomic E-state index is 12.7. The maximum atomic E-state index is 12.7. The third-order valence-electron chi connectivity index (χ3n) is 4.56. The van der Waals surface area contributed by atoms with Gasteiger partial charge in [-0.25, -0.2) is 9.97 Å². The zero-order valence-corrected chi connectivity index (χ0v) is 12.5. The Morgan fingerprint density at radius 2 is 2.04 bits per heavy atom. The Kier molecular flexibility index (Phi) is 3.10. The molecular weight excluding hydrogens is 298 g/mol. The van der Waals surface area contributed by atoms with Gasteiger partial charge in [0.1, 0.15) is 17.7 Å². The van der Waals surface area contributed by atoms with Gasteiger partial charge in [0.05, 0.1) is 36.4 Å². The fourth-order valence-corrected chi connectivity index (χ4v) is 3.51. The number of likely N-dealkylation sites (tertiary alicyclic amines) is 1. The highest BCUT2D eigenvalue weighted by Crippen LogP contribution is 2.36. The van der Waals surface area contributed by atoms with Crippen molar-refractivity contribution in [2.45, 2.75) is 31.8 Å². The van der Waals surface area contributed by atoms with E-state index in [9.17, 15) is 9.59 Å². The van der Waals surface area contributed by atoms with E-state index in [4.69, 9.17) is 4.52 Å². The van der Waals surface area contributed by atoms with Crippen molar-refractivity contribution >= 4 is 17.5 Å². The molecule has 2 aliphatic heterocycles. The van der Waals surface area contributed by atoms with Crippen molar-refractivity contribution in [3.8, 4) is 0 Å². The van der Waals surface area contributed by atoms with Crippen LogP contribution in [-0.2, 0) is 4.79 Å². The summed E-state index contributed by atoms with van der Waals surface area (Å²) in [6.07, 6.45) is 7.17. The molecule has 8 nitrogen and oxygen atoms in total. The van der Waals surface area contributed by atoms with Crippen molar-refractivity contribution in [3.05, 3.63) is 36.2 Å². The maximum Gasteiger partial charge on any atom is 0.259 e. The molecule has 23 heavy (non-hydrogen) atoms. The lowest BCUT2D eigenvalue weighted by Crippen LogP contribution is -2.40. The molecule has 0 saturated carbocycles. The number of carbonyl (C=O) groups excluding carboxylic acids is 2. The average Bonchev–Trinajstić information content (AvgIpc) is 3.22. The molecule has 4 rings (SSSR count). The Bertz CT molecular complexity index is 759. The van der Waals surface area contributed by atoms with Crippen molar-refractivity contribution in [1.82, 2.24) is 20.0 Å². The number of rotatable bonds is 2. The molecule has 118 valence electrons. The second-order valence-corrected chi connectivity index (χ2v) is 5.78. The van der Waals surface area contributed by atoms with Crippen LogP contribution in [0, 0.1) is 6.92 Å². The first-order valence-electron chi connectivity index (χ1n) is 7.46. The van der Waals surface area contributed by atoms with E-state index in [0.717, 1.165) is 6.42 Å². The molecule has 0 spiro atoms. The van der Waals surface area contributed by atoms with E-state index in [1.54, 1.807) is 29.1 Å². The molecule has 0 unspecified atom stereocenters. The van der Waals surface area contributed by atoms with Crippen LogP contribution >= 0.6 is 0 Å². The number of aromatic nitrogens is 3. The van der Waals surface area contributed by atoms with E-state index in [0.29, 0.717) is 30.0 Å². The van der Waals surface area contributed by atoms with Crippen LogP contribution in [0.3, 0.4) is 0 Å². The van der Waals surface area contributed by atoms with Crippen molar-refractivity contribution in [1.29, 1.82) is 0 Å². The van der Waals surface area contributed by atoms with E-state index in [1.165, 1.54) is 12.5 Å². The van der Waals surface area contributed by atoms with Crippen molar-refractivity contribution in [2.75, 3.05) is 11.4 Å². The molecule has 2 aliphatic rings. The summed E-state index contributed by atoms with van der Waals surface area (Å²) in [6.45, 7) is 2.32. The lowest BCUT2D eigenvalue weighted by Gasteiger charge is -2.24. The molecule has 2 amide bonds. The lowest BCUT2D eigenvalue weighted by atomic mass is 10.1. The van der Waals surface area contributed by atoms with Gasteiger partial charge >= 0.3 is 0 Å². The molecule has 2 saturated heterocycles. The molecule has 2 aromatic rings. The zero-order chi connectivity index (χ0) is 16.0. The number of nitrogens with zero attached hydrogens (tertiary/aromatic N) is 5. The minimum absolute atomic E-state index is 0.00524. The fourth-order valence-electron chi connectivity index (χ4n) is 3.51. The number of aryl methyl sites for hydroxylation is 1. The van der Waals surface area contributed by atoms with E-state index < -0.39 is 0 Å². The third-order valence-corrected chi connectivity index (χ3v) is 4.56. The summed E-state index contributed by atoms with van der Waals surface area (Å²) in [5, 5.41) is 3.66. The van der Waals surface area contributed by atoms with Crippen LogP contribution < -0.4 is 4.90 Å². The summed E-state index contributed by atoms with van der Waals surface area (Å²) in [6, 6.07) is -0.165. The van der Waals surface area contributed by atoms with Crippen LogP contribution in [0.15, 0.2) is 29.4 Å². The predicted octanol–water partition coefficient (Wildman–Crippen LogP) is 0.793. The second-order valence-electron chi connectivity index (χ2n) is 5.78. The van der Waals surface area contributed by atoms with Gasteiger partial charge in [0, 0.05) is 13.0 Å². The van der Waals surface area contributed by atoms with Crippen LogP contribution in [-0.4, -0.2) is 50.5 Å². The molecular formula is C15H15N5O3. The topological polar surface area (TPSA) is 92.4 Å². The number of hydrogen-bond acceptors (Lipinski definition) is 6. The van der Waals surface area contributed by atoms with Gasteiger partial charge in [-0.3, -0.25) is 9.59 Å². The molecule has 4 heterocycles. The normalized spacial score (nSPS) is 23.4. The molecule has 0 N–H and O–H groups in total. The number of amides is 2. The highest BCUT2D eigenvalue weighted by molar-refractivity contribution is 6.00. The summed E-state index contributed by atoms with van der Waals surface area (Å²) in [4.78, 5) is 36.5. The van der Waals surface area contributed by atoms with Crippen molar-refractivity contribution in [2.24, 2.45) is 0 Å². The lowest BCUT2D eigenvalue weighted by molar-refractivity contribution is -0.117. The van der Waals surface area contributed by atoms with Gasteiger partial charge < -0.3 is 14.3 Å². The minimum atomic E-state index is -0.135. The second kappa shape index (κ2) is 5.15. The fraction of sp³-hybridized carbons (Fsp3) is 0.400. The highest BCUT2D eigenvalue weighted by Gasteiger charge is 2.49. The Balaban J connectivity index is 1.61. The minimum Gasteiger partial charge on any atom is -0.361 e. The summed E-state index contributed by atoms with van der Waals surface area (Å²) in [5.41, 5.74) is 1.14. The van der Waals surface area contributed by atoms with Gasteiger partial charge in [0.15, 0.2) is 0 Å². The number of hydrogen-bond donors (Lipinski definition) is 0. The molecule has 2 fully saturated rings. The van der Waals surface area contributed by atoms with Gasteiger partial charge in [-0.05, 0) is 13.3 Å². The largest absolute Gasteiger partial charge is 0.361 e. The van der Waals surface area contributed by atoms with Gasteiger partial charge in [0.25, 0.3) is 5.91 Å². The summed E-state index contributed by atoms with van der Waals surface area (Å²) in [7, 11) is 0. The molecule has 0 bridgehead atoms. The Morgan fingerprint density at radius 3 is 2.74 bits per heavy atom. The zero-order valence-electron chi connectivity index (χ0n) is 12.5. The quantitative estimate of drug-likeness (QED) is 0.814. The third kappa shape index (κ3) is 2.09. The van der Waals surface area contributed by atoms with Crippen LogP contribution in [0.25, 0.3) is 0 Å². The first-order chi connectivity index (χ1) is 11.2. The first kappa shape index (κ1) is 13.9. The van der Waals surface area contributed by atoms with Crippen LogP contribution in [0.4, 0.5) is 5.69 Å². The molecule has 2 aromatic heterocycles. The van der Waals surface area contributed by atoms with E-state index in [1.807, 2.05) is 0 Å². The van der Waals surface area contributed by atoms with Crippen molar-refractivity contribution < 1.29 is 14.1 Å². The Morgan fingerprint density at radius 1 is 1.26 bits per heavy atom. The Labute approximate surface area is 132 Å². The van der Waals surface area contributed by atoms with Crippen LogP contribution in [0.1, 0.15) is 29.0 Å². The monoisotopic (exact) mass is 313 g/mol. The van der Waals surface area contributed by atoms with Gasteiger partial charge in [-0.2, -0.15) is 0 Å². The first-order valence-corrected chi connectivity index (χ1v) is 7.46. The number of fused-ring (bicyclic) bond motifs is 1. The number of anilines is 1. The smallest absolute Gasteiger partial charge is 0.259 e. The summed E-state index contributed by atoms with van der Waals surface area (Å²) >= 11 is 0. The number of carbonyl (C=O) groups is 2. The summed E-state index contributed by atoms with van der Waals surface area (Å²) in [5.74, 6) is 0.362. The SMILES string of the molecule is Cc1oncc1C(=O)N1CC[C@@H]2[C@H]1CC(=O)N2c1cncnc1.